The largest absolute Gasteiger partial charge is 0.315 e. The van der Waals surface area contributed by atoms with E-state index in [-0.39, 0.29) is 23.6 Å². The van der Waals surface area contributed by atoms with Crippen LogP contribution in [-0.4, -0.2) is 85.1 Å². The van der Waals surface area contributed by atoms with Gasteiger partial charge in [0.1, 0.15) is 0 Å². The zero-order valence-electron chi connectivity index (χ0n) is 26.8. The molecule has 1 N–H and O–H groups in total. The Morgan fingerprint density at radius 3 is 1.48 bits per heavy atom. The first-order valence-electron chi connectivity index (χ1n) is 16.5. The van der Waals surface area contributed by atoms with Crippen molar-refractivity contribution in [3.63, 3.8) is 0 Å². The summed E-state index contributed by atoms with van der Waals surface area (Å²) < 4.78 is 0. The van der Waals surface area contributed by atoms with Crippen LogP contribution in [0.25, 0.3) is 21.5 Å². The van der Waals surface area contributed by atoms with Crippen LogP contribution in [0.15, 0.2) is 72.8 Å². The van der Waals surface area contributed by atoms with E-state index in [0.29, 0.717) is 48.4 Å². The van der Waals surface area contributed by atoms with Gasteiger partial charge in [0.15, 0.2) is 0 Å². The highest BCUT2D eigenvalue weighted by atomic mass is 16.2. The van der Waals surface area contributed by atoms with E-state index in [0.717, 1.165) is 34.0 Å². The van der Waals surface area contributed by atoms with Crippen molar-refractivity contribution in [3.05, 3.63) is 95.1 Å². The minimum absolute atomic E-state index is 0.173. The highest BCUT2D eigenvalue weighted by Gasteiger charge is 2.33. The molecule has 0 spiro atoms. The van der Waals surface area contributed by atoms with E-state index in [1.54, 1.807) is 12.1 Å². The molecular formula is C38H42N4O4. The van der Waals surface area contributed by atoms with E-state index in [1.165, 1.54) is 48.3 Å². The van der Waals surface area contributed by atoms with Crippen LogP contribution in [0.1, 0.15) is 80.0 Å². The van der Waals surface area contributed by atoms with Gasteiger partial charge >= 0.3 is 0 Å². The first-order chi connectivity index (χ1) is 22.3. The summed E-state index contributed by atoms with van der Waals surface area (Å²) >= 11 is 0. The third kappa shape index (κ3) is 6.32. The van der Waals surface area contributed by atoms with Crippen LogP contribution in [0.5, 0.6) is 0 Å². The Morgan fingerprint density at radius 1 is 0.609 bits per heavy atom. The van der Waals surface area contributed by atoms with E-state index in [9.17, 15) is 19.2 Å². The third-order valence-electron chi connectivity index (χ3n) is 9.45. The number of amides is 4. The SMILES string of the molecule is CN(C)CCN1C(=O)c2cccc3cccc(c23)C1=O.O=C1c2cccc3cccc(c23)C(=O)N1CCNCCC1CCCCC1. The van der Waals surface area contributed by atoms with E-state index in [1.807, 2.05) is 79.7 Å². The fourth-order valence-electron chi connectivity index (χ4n) is 6.96. The van der Waals surface area contributed by atoms with Crippen LogP contribution in [0.2, 0.25) is 0 Å². The van der Waals surface area contributed by atoms with Gasteiger partial charge in [0.05, 0.1) is 0 Å². The van der Waals surface area contributed by atoms with Crippen molar-refractivity contribution < 1.29 is 19.2 Å². The molecule has 3 aliphatic rings. The number of carbonyl (C=O) groups is 4. The van der Waals surface area contributed by atoms with Crippen LogP contribution in [-0.2, 0) is 0 Å². The van der Waals surface area contributed by atoms with Gasteiger partial charge in [-0.05, 0) is 68.0 Å². The molecule has 0 bridgehead atoms. The minimum atomic E-state index is -0.193. The average Bonchev–Trinajstić information content (AvgIpc) is 3.07. The molecule has 0 aromatic heterocycles. The maximum absolute atomic E-state index is 12.8. The monoisotopic (exact) mass is 618 g/mol. The molecule has 2 aliphatic heterocycles. The van der Waals surface area contributed by atoms with Gasteiger partial charge in [0.2, 0.25) is 0 Å². The van der Waals surface area contributed by atoms with Gasteiger partial charge in [-0.15, -0.1) is 0 Å². The number of nitrogens with zero attached hydrogens (tertiary/aromatic N) is 3. The topological polar surface area (TPSA) is 90.0 Å². The molecule has 4 aromatic carbocycles. The number of nitrogens with one attached hydrogen (secondary N) is 1. The Kier molecular flexibility index (Phi) is 9.56. The van der Waals surface area contributed by atoms with Crippen molar-refractivity contribution in [2.75, 3.05) is 46.8 Å². The van der Waals surface area contributed by atoms with Crippen molar-refractivity contribution in [2.45, 2.75) is 38.5 Å². The molecule has 8 heteroatoms. The van der Waals surface area contributed by atoms with Crippen molar-refractivity contribution in [1.82, 2.24) is 20.0 Å². The van der Waals surface area contributed by atoms with E-state index in [4.69, 9.17) is 0 Å². The normalized spacial score (nSPS) is 16.4. The Hall–Kier alpha value is -4.40. The Bertz CT molecular complexity index is 1690. The zero-order valence-corrected chi connectivity index (χ0v) is 26.8. The molecule has 2 heterocycles. The van der Waals surface area contributed by atoms with E-state index in [2.05, 4.69) is 5.32 Å². The third-order valence-corrected chi connectivity index (χ3v) is 9.45. The highest BCUT2D eigenvalue weighted by molar-refractivity contribution is 6.26. The van der Waals surface area contributed by atoms with Crippen LogP contribution in [0, 0.1) is 5.92 Å². The van der Waals surface area contributed by atoms with Gasteiger partial charge in [-0.25, -0.2) is 0 Å². The second-order valence-corrected chi connectivity index (χ2v) is 12.8. The summed E-state index contributed by atoms with van der Waals surface area (Å²) in [5.41, 5.74) is 2.52. The Morgan fingerprint density at radius 2 is 1.04 bits per heavy atom. The van der Waals surface area contributed by atoms with Gasteiger partial charge in [-0.2, -0.15) is 0 Å². The predicted octanol–water partition coefficient (Wildman–Crippen LogP) is 5.99. The van der Waals surface area contributed by atoms with Gasteiger partial charge in [0, 0.05) is 59.2 Å². The lowest BCUT2D eigenvalue weighted by Gasteiger charge is -2.28. The highest BCUT2D eigenvalue weighted by Crippen LogP contribution is 2.31. The summed E-state index contributed by atoms with van der Waals surface area (Å²) in [6.45, 7) is 3.12. The maximum atomic E-state index is 12.8. The molecule has 7 rings (SSSR count). The second kappa shape index (κ2) is 13.9. The van der Waals surface area contributed by atoms with Gasteiger partial charge in [0.25, 0.3) is 23.6 Å². The molecule has 0 radical (unpaired) electrons. The predicted molar refractivity (Wildman–Crippen MR) is 181 cm³/mol. The Labute approximate surface area is 270 Å². The minimum Gasteiger partial charge on any atom is -0.315 e. The number of carbonyl (C=O) groups excluding carboxylic acids is 4. The maximum Gasteiger partial charge on any atom is 0.261 e. The summed E-state index contributed by atoms with van der Waals surface area (Å²) in [6, 6.07) is 22.5. The number of imide groups is 2. The molecular weight excluding hydrogens is 576 g/mol. The van der Waals surface area contributed by atoms with Gasteiger partial charge < -0.3 is 10.2 Å². The van der Waals surface area contributed by atoms with Crippen molar-refractivity contribution in [2.24, 2.45) is 5.92 Å². The second-order valence-electron chi connectivity index (χ2n) is 12.8. The molecule has 0 unspecified atom stereocenters. The van der Waals surface area contributed by atoms with E-state index < -0.39 is 0 Å². The van der Waals surface area contributed by atoms with Crippen molar-refractivity contribution in [3.8, 4) is 0 Å². The average molecular weight is 619 g/mol. The summed E-state index contributed by atoms with van der Waals surface area (Å²) in [5, 5.41) is 6.89. The van der Waals surface area contributed by atoms with Crippen molar-refractivity contribution >= 4 is 45.2 Å². The molecule has 8 nitrogen and oxygen atoms in total. The number of hydrogen-bond donors (Lipinski definition) is 1. The number of benzene rings is 4. The van der Waals surface area contributed by atoms with Gasteiger partial charge in [-0.3, -0.25) is 29.0 Å². The van der Waals surface area contributed by atoms with E-state index >= 15 is 0 Å². The molecule has 1 aliphatic carbocycles. The molecule has 1 saturated carbocycles. The molecule has 0 saturated heterocycles. The molecule has 0 atom stereocenters. The lowest BCUT2D eigenvalue weighted by molar-refractivity contribution is 0.0590. The van der Waals surface area contributed by atoms with Crippen molar-refractivity contribution in [1.29, 1.82) is 0 Å². The fraction of sp³-hybridized carbons (Fsp3) is 0.368. The van der Waals surface area contributed by atoms with Crippen LogP contribution in [0.4, 0.5) is 0 Å². The molecule has 4 aromatic rings. The number of rotatable bonds is 9. The zero-order chi connectivity index (χ0) is 32.2. The first kappa shape index (κ1) is 31.6. The summed E-state index contributed by atoms with van der Waals surface area (Å²) in [6.07, 6.45) is 8.03. The molecule has 238 valence electrons. The molecule has 46 heavy (non-hydrogen) atoms. The van der Waals surface area contributed by atoms with Crippen LogP contribution >= 0.6 is 0 Å². The fourth-order valence-corrected chi connectivity index (χ4v) is 6.96. The summed E-state index contributed by atoms with van der Waals surface area (Å²) in [4.78, 5) is 55.3. The summed E-state index contributed by atoms with van der Waals surface area (Å²) in [5.74, 6) is 0.114. The summed E-state index contributed by atoms with van der Waals surface area (Å²) in [7, 11) is 3.85. The number of hydrogen-bond acceptors (Lipinski definition) is 6. The lowest BCUT2D eigenvalue weighted by Crippen LogP contribution is -2.44. The van der Waals surface area contributed by atoms with Gasteiger partial charge in [-0.1, -0.05) is 80.6 Å². The lowest BCUT2D eigenvalue weighted by atomic mass is 9.87. The molecule has 1 fully saturated rings. The number of likely N-dealkylation sites (N-methyl/N-ethyl adjacent to an activating group) is 1. The quantitative estimate of drug-likeness (QED) is 0.183. The Balaban J connectivity index is 0.000000167. The standard InChI is InChI=1S/C22H26N2O2.C16H16N2O2/c25-21-18-10-4-8-17-9-5-11-19(20(17)18)22(26)24(21)15-14-23-13-12-16-6-2-1-3-7-16;1-17(2)9-10-18-15(19)12-7-3-5-11-6-4-8-13(14(11)12)16(18)20/h4-5,8-11,16,23H,1-3,6-7,12-15H2;3-8H,9-10H2,1-2H3. The van der Waals surface area contributed by atoms with Crippen LogP contribution in [0.3, 0.4) is 0 Å². The smallest absolute Gasteiger partial charge is 0.261 e. The van der Waals surface area contributed by atoms with Crippen LogP contribution < -0.4 is 5.32 Å². The molecule has 4 amide bonds. The first-order valence-corrected chi connectivity index (χ1v) is 16.5.